The normalized spacial score (nSPS) is 14.3. The predicted octanol–water partition coefficient (Wildman–Crippen LogP) is 0.913. The Morgan fingerprint density at radius 2 is 2.33 bits per heavy atom. The van der Waals surface area contributed by atoms with Crippen LogP contribution in [0.1, 0.15) is 6.92 Å². The van der Waals surface area contributed by atoms with Crippen LogP contribution >= 0.6 is 11.6 Å². The minimum atomic E-state index is 0.701. The highest BCUT2D eigenvalue weighted by molar-refractivity contribution is 6.18. The standard InChI is InChI=1S/C4H10BCl/c1-4(2-5)3-6/h4H,2-3,5H2,1H3. The molecule has 0 amide bonds. The molecule has 0 radical (unpaired) electrons. The first-order valence-electron chi connectivity index (χ1n) is 2.37. The molecule has 0 aliphatic rings. The van der Waals surface area contributed by atoms with Crippen molar-refractivity contribution < 1.29 is 0 Å². The third-order valence-electron chi connectivity index (χ3n) is 0.960. The summed E-state index contributed by atoms with van der Waals surface area (Å²) in [6.07, 6.45) is 1.20. The first-order chi connectivity index (χ1) is 2.81. The van der Waals surface area contributed by atoms with Gasteiger partial charge in [0.1, 0.15) is 7.85 Å². The molecule has 2 heteroatoms. The van der Waals surface area contributed by atoms with E-state index in [1.807, 2.05) is 0 Å². The molecule has 0 aliphatic heterocycles. The Hall–Kier alpha value is 0.355. The molecule has 0 N–H and O–H groups in total. The van der Waals surface area contributed by atoms with E-state index < -0.39 is 0 Å². The SMILES string of the molecule is BCC(C)CCl. The van der Waals surface area contributed by atoms with Gasteiger partial charge >= 0.3 is 0 Å². The first-order valence-corrected chi connectivity index (χ1v) is 2.90. The average molecular weight is 104 g/mol. The van der Waals surface area contributed by atoms with Crippen LogP contribution in [0.4, 0.5) is 0 Å². The highest BCUT2D eigenvalue weighted by Crippen LogP contribution is 1.99. The monoisotopic (exact) mass is 104 g/mol. The van der Waals surface area contributed by atoms with Crippen LogP contribution < -0.4 is 0 Å². The van der Waals surface area contributed by atoms with E-state index in [9.17, 15) is 0 Å². The van der Waals surface area contributed by atoms with Crippen LogP contribution in [0, 0.1) is 5.92 Å². The van der Waals surface area contributed by atoms with Crippen LogP contribution in [-0.2, 0) is 0 Å². The van der Waals surface area contributed by atoms with Crippen LogP contribution in [0.25, 0.3) is 0 Å². The maximum Gasteiger partial charge on any atom is 0.101 e. The Labute approximate surface area is 45.3 Å². The van der Waals surface area contributed by atoms with Crippen molar-refractivity contribution in [3.05, 3.63) is 0 Å². The minimum absolute atomic E-state index is 0.701. The van der Waals surface area contributed by atoms with E-state index in [4.69, 9.17) is 11.6 Å². The van der Waals surface area contributed by atoms with Gasteiger partial charge in [0.15, 0.2) is 0 Å². The molecule has 6 heavy (non-hydrogen) atoms. The molecule has 0 bridgehead atoms. The van der Waals surface area contributed by atoms with E-state index in [1.54, 1.807) is 0 Å². The second kappa shape index (κ2) is 3.54. The van der Waals surface area contributed by atoms with Crippen molar-refractivity contribution in [1.29, 1.82) is 0 Å². The summed E-state index contributed by atoms with van der Waals surface area (Å²) in [6.45, 7) is 2.15. The predicted molar refractivity (Wildman–Crippen MR) is 33.2 cm³/mol. The number of hydrogen-bond donors (Lipinski definition) is 0. The highest BCUT2D eigenvalue weighted by atomic mass is 35.5. The van der Waals surface area contributed by atoms with E-state index in [2.05, 4.69) is 14.8 Å². The van der Waals surface area contributed by atoms with Crippen molar-refractivity contribution in [3.8, 4) is 0 Å². The van der Waals surface area contributed by atoms with Crippen LogP contribution in [0.2, 0.25) is 6.32 Å². The third kappa shape index (κ3) is 2.58. The minimum Gasteiger partial charge on any atom is -0.126 e. The maximum absolute atomic E-state index is 5.45. The topological polar surface area (TPSA) is 0 Å². The summed E-state index contributed by atoms with van der Waals surface area (Å²) in [6, 6.07) is 0. The van der Waals surface area contributed by atoms with Crippen molar-refractivity contribution in [1.82, 2.24) is 0 Å². The molecule has 0 nitrogen and oxygen atoms in total. The lowest BCUT2D eigenvalue weighted by Crippen LogP contribution is -1.91. The average Bonchev–Trinajstić information content (AvgIpc) is 1.65. The zero-order chi connectivity index (χ0) is 4.99. The van der Waals surface area contributed by atoms with Gasteiger partial charge in [-0.15, -0.1) is 11.6 Å². The van der Waals surface area contributed by atoms with Crippen molar-refractivity contribution >= 4 is 19.4 Å². The summed E-state index contributed by atoms with van der Waals surface area (Å²) >= 11 is 5.45. The summed E-state index contributed by atoms with van der Waals surface area (Å²) in [5, 5.41) is 0. The number of rotatable bonds is 2. The molecular formula is C4H10BCl. The molecule has 0 spiro atoms. The lowest BCUT2D eigenvalue weighted by atomic mass is 9.94. The summed E-state index contributed by atoms with van der Waals surface area (Å²) < 4.78 is 0. The summed E-state index contributed by atoms with van der Waals surface area (Å²) in [4.78, 5) is 0. The van der Waals surface area contributed by atoms with Gasteiger partial charge in [0.05, 0.1) is 0 Å². The Kier molecular flexibility index (Phi) is 3.75. The van der Waals surface area contributed by atoms with Crippen LogP contribution in [0.5, 0.6) is 0 Å². The Morgan fingerprint density at radius 3 is 2.33 bits per heavy atom. The molecule has 0 fully saturated rings. The smallest absolute Gasteiger partial charge is 0.101 e. The molecular weight excluding hydrogens is 94.3 g/mol. The van der Waals surface area contributed by atoms with Gasteiger partial charge < -0.3 is 0 Å². The Balaban J connectivity index is 2.75. The fourth-order valence-corrected chi connectivity index (χ4v) is 0.327. The van der Waals surface area contributed by atoms with E-state index in [1.165, 1.54) is 6.32 Å². The molecule has 0 saturated heterocycles. The lowest BCUT2D eigenvalue weighted by Gasteiger charge is -1.97. The zero-order valence-electron chi connectivity index (χ0n) is 4.37. The van der Waals surface area contributed by atoms with E-state index in [-0.39, 0.29) is 0 Å². The van der Waals surface area contributed by atoms with E-state index in [0.717, 1.165) is 5.88 Å². The Bertz CT molecular complexity index is 26.7. The van der Waals surface area contributed by atoms with Gasteiger partial charge in [0.2, 0.25) is 0 Å². The fourth-order valence-electron chi connectivity index (χ4n) is 0.109. The molecule has 0 aromatic heterocycles. The molecule has 1 unspecified atom stereocenters. The molecule has 0 aromatic rings. The quantitative estimate of drug-likeness (QED) is 0.361. The second-order valence-corrected chi connectivity index (χ2v) is 1.98. The van der Waals surface area contributed by atoms with Crippen molar-refractivity contribution in [2.75, 3.05) is 5.88 Å². The van der Waals surface area contributed by atoms with Gasteiger partial charge in [-0.3, -0.25) is 0 Å². The number of halogens is 1. The van der Waals surface area contributed by atoms with Crippen LogP contribution in [-0.4, -0.2) is 13.7 Å². The fraction of sp³-hybridized carbons (Fsp3) is 1.00. The molecule has 0 aromatic carbocycles. The number of alkyl halides is 1. The second-order valence-electron chi connectivity index (χ2n) is 1.67. The lowest BCUT2D eigenvalue weighted by molar-refractivity contribution is 0.744. The van der Waals surface area contributed by atoms with Gasteiger partial charge in [-0.2, -0.15) is 0 Å². The molecule has 0 heterocycles. The van der Waals surface area contributed by atoms with Gasteiger partial charge in [-0.05, 0) is 5.92 Å². The van der Waals surface area contributed by atoms with Gasteiger partial charge in [-0.1, -0.05) is 13.2 Å². The van der Waals surface area contributed by atoms with E-state index >= 15 is 0 Å². The summed E-state index contributed by atoms with van der Waals surface area (Å²) in [5.41, 5.74) is 0. The van der Waals surface area contributed by atoms with Crippen LogP contribution in [0.15, 0.2) is 0 Å². The van der Waals surface area contributed by atoms with Crippen molar-refractivity contribution in [3.63, 3.8) is 0 Å². The van der Waals surface area contributed by atoms with E-state index in [0.29, 0.717) is 5.92 Å². The molecule has 0 rings (SSSR count). The van der Waals surface area contributed by atoms with Gasteiger partial charge in [-0.25, -0.2) is 0 Å². The van der Waals surface area contributed by atoms with Gasteiger partial charge in [0, 0.05) is 5.88 Å². The van der Waals surface area contributed by atoms with Gasteiger partial charge in [0.25, 0.3) is 0 Å². The molecule has 36 valence electrons. The van der Waals surface area contributed by atoms with Crippen LogP contribution in [0.3, 0.4) is 0 Å². The highest BCUT2D eigenvalue weighted by Gasteiger charge is 1.90. The van der Waals surface area contributed by atoms with Crippen molar-refractivity contribution in [2.24, 2.45) is 5.92 Å². The van der Waals surface area contributed by atoms with Crippen molar-refractivity contribution in [2.45, 2.75) is 13.2 Å². The molecule has 0 saturated carbocycles. The first kappa shape index (κ1) is 6.35. The molecule has 1 atom stereocenters. The summed E-state index contributed by atoms with van der Waals surface area (Å²) in [7, 11) is 2.15. The Morgan fingerprint density at radius 1 is 1.83 bits per heavy atom. The third-order valence-corrected chi connectivity index (χ3v) is 1.49. The maximum atomic E-state index is 5.45. The largest absolute Gasteiger partial charge is 0.126 e. The number of hydrogen-bond acceptors (Lipinski definition) is 0. The molecule has 0 aliphatic carbocycles. The summed E-state index contributed by atoms with van der Waals surface area (Å²) in [5.74, 6) is 1.50. The zero-order valence-corrected chi connectivity index (χ0v) is 5.13.